The minimum atomic E-state index is -0.528. The van der Waals surface area contributed by atoms with Crippen molar-refractivity contribution in [3.05, 3.63) is 70.1 Å². The highest BCUT2D eigenvalue weighted by Gasteiger charge is 2.36. The Morgan fingerprint density at radius 1 is 1.26 bits per heavy atom. The topological polar surface area (TPSA) is 84.9 Å². The number of ether oxygens (including phenoxy) is 2. The van der Waals surface area contributed by atoms with Gasteiger partial charge in [0.1, 0.15) is 13.2 Å². The molecule has 9 heteroatoms. The fourth-order valence-corrected chi connectivity index (χ4v) is 4.17. The first-order valence-electron chi connectivity index (χ1n) is 9.14. The van der Waals surface area contributed by atoms with Crippen LogP contribution in [0.2, 0.25) is 0 Å². The smallest absolute Gasteiger partial charge is 0.294 e. The normalized spacial score (nSPS) is 14.6. The second kappa shape index (κ2) is 10.3. The molecule has 2 aromatic rings. The van der Waals surface area contributed by atoms with E-state index in [-0.39, 0.29) is 11.4 Å². The maximum Gasteiger partial charge on any atom is 0.294 e. The van der Waals surface area contributed by atoms with Gasteiger partial charge in [-0.1, -0.05) is 30.9 Å². The van der Waals surface area contributed by atoms with E-state index in [1.165, 1.54) is 7.11 Å². The molecule has 1 N–H and O–H groups in total. The summed E-state index contributed by atoms with van der Waals surface area (Å²) in [5, 5.41) is 2.16. The van der Waals surface area contributed by atoms with Crippen molar-refractivity contribution in [3.8, 4) is 11.5 Å². The maximum atomic E-state index is 12.7. The lowest BCUT2D eigenvalue weighted by molar-refractivity contribution is -0.127. The summed E-state index contributed by atoms with van der Waals surface area (Å²) in [4.78, 5) is 38.4. The van der Waals surface area contributed by atoms with Crippen molar-refractivity contribution in [2.75, 3.05) is 25.6 Å². The van der Waals surface area contributed by atoms with Crippen molar-refractivity contribution in [1.29, 1.82) is 0 Å². The molecule has 3 rings (SSSR count). The molecule has 31 heavy (non-hydrogen) atoms. The summed E-state index contributed by atoms with van der Waals surface area (Å²) in [6, 6.07) is 12.3. The highest BCUT2D eigenvalue weighted by molar-refractivity contribution is 9.10. The highest BCUT2D eigenvalue weighted by Crippen LogP contribution is 2.39. The molecule has 0 unspecified atom stereocenters. The number of para-hydroxylation sites is 1. The number of thioether (sulfide) groups is 1. The van der Waals surface area contributed by atoms with Crippen molar-refractivity contribution >= 4 is 56.5 Å². The number of nitrogens with zero attached hydrogens (tertiary/aromatic N) is 1. The number of amides is 3. The summed E-state index contributed by atoms with van der Waals surface area (Å²) in [7, 11) is 1.51. The summed E-state index contributed by atoms with van der Waals surface area (Å²) in [5.74, 6) is -0.0163. The highest BCUT2D eigenvalue weighted by atomic mass is 79.9. The molecule has 1 aliphatic heterocycles. The molecule has 0 spiro atoms. The van der Waals surface area contributed by atoms with Gasteiger partial charge in [0.15, 0.2) is 11.5 Å². The molecule has 3 amide bonds. The molecular formula is C22H19BrN2O5S. The molecule has 0 atom stereocenters. The molecule has 1 aliphatic rings. The summed E-state index contributed by atoms with van der Waals surface area (Å²) in [6.07, 6.45) is 3.19. The molecule has 0 radical (unpaired) electrons. The third-order valence-electron chi connectivity index (χ3n) is 4.13. The first kappa shape index (κ1) is 22.6. The quantitative estimate of drug-likeness (QED) is 0.416. The zero-order valence-electron chi connectivity index (χ0n) is 16.6. The number of hydrogen-bond acceptors (Lipinski definition) is 6. The first-order valence-corrected chi connectivity index (χ1v) is 10.8. The minimum Gasteiger partial charge on any atom is -0.493 e. The number of nitrogens with one attached hydrogen (secondary N) is 1. The molecule has 160 valence electrons. The summed E-state index contributed by atoms with van der Waals surface area (Å²) in [5.41, 5.74) is 1.22. The number of carbonyl (C=O) groups is 3. The number of rotatable bonds is 8. The van der Waals surface area contributed by atoms with E-state index < -0.39 is 17.1 Å². The lowest BCUT2D eigenvalue weighted by Gasteiger charge is -2.13. The van der Waals surface area contributed by atoms with Crippen LogP contribution < -0.4 is 14.8 Å². The SMILES string of the molecule is C=CCOc1c(Br)cc(/C=C2\SC(=O)N(CC(=O)Nc3ccccc3)C2=O)cc1OC. The Hall–Kier alpha value is -3.04. The molecule has 7 nitrogen and oxygen atoms in total. The second-order valence-electron chi connectivity index (χ2n) is 6.32. The van der Waals surface area contributed by atoms with Crippen LogP contribution in [-0.2, 0) is 9.59 Å². The van der Waals surface area contributed by atoms with Gasteiger partial charge in [-0.15, -0.1) is 0 Å². The van der Waals surface area contributed by atoms with Crippen LogP contribution in [0.25, 0.3) is 6.08 Å². The van der Waals surface area contributed by atoms with Crippen LogP contribution >= 0.6 is 27.7 Å². The van der Waals surface area contributed by atoms with Gasteiger partial charge in [-0.2, -0.15) is 0 Å². The van der Waals surface area contributed by atoms with E-state index in [0.29, 0.717) is 33.8 Å². The third-order valence-corrected chi connectivity index (χ3v) is 5.62. The van der Waals surface area contributed by atoms with E-state index in [4.69, 9.17) is 9.47 Å². The van der Waals surface area contributed by atoms with E-state index in [2.05, 4.69) is 27.8 Å². The average Bonchev–Trinajstić information content (AvgIpc) is 3.00. The maximum absolute atomic E-state index is 12.7. The number of anilines is 1. The molecule has 1 fully saturated rings. The Morgan fingerprint density at radius 2 is 2.00 bits per heavy atom. The van der Waals surface area contributed by atoms with E-state index in [0.717, 1.165) is 16.7 Å². The average molecular weight is 503 g/mol. The number of hydrogen-bond donors (Lipinski definition) is 1. The standard InChI is InChI=1S/C22H19BrN2O5S/c1-3-9-30-20-16(23)10-14(11-17(20)29-2)12-18-21(27)25(22(28)31-18)13-19(26)24-15-7-5-4-6-8-15/h3-8,10-12H,1,9,13H2,2H3,(H,24,26)/b18-12-. The second-order valence-corrected chi connectivity index (χ2v) is 8.16. The van der Waals surface area contributed by atoms with Gasteiger partial charge in [-0.25, -0.2) is 0 Å². The van der Waals surface area contributed by atoms with Gasteiger partial charge < -0.3 is 14.8 Å². The molecule has 1 saturated heterocycles. The third kappa shape index (κ3) is 5.56. The zero-order valence-corrected chi connectivity index (χ0v) is 19.0. The molecule has 1 heterocycles. The predicted octanol–water partition coefficient (Wildman–Crippen LogP) is 4.70. The van der Waals surface area contributed by atoms with Crippen molar-refractivity contribution in [2.45, 2.75) is 0 Å². The van der Waals surface area contributed by atoms with Gasteiger partial charge in [0, 0.05) is 5.69 Å². The van der Waals surface area contributed by atoms with Gasteiger partial charge in [-0.05, 0) is 63.6 Å². The van der Waals surface area contributed by atoms with Gasteiger partial charge in [0.25, 0.3) is 11.1 Å². The Bertz CT molecular complexity index is 1060. The summed E-state index contributed by atoms with van der Waals surface area (Å²) >= 11 is 4.21. The van der Waals surface area contributed by atoms with E-state index in [9.17, 15) is 14.4 Å². The van der Waals surface area contributed by atoms with Crippen molar-refractivity contribution in [1.82, 2.24) is 4.90 Å². The van der Waals surface area contributed by atoms with E-state index in [1.54, 1.807) is 48.6 Å². The number of methoxy groups -OCH3 is 1. The van der Waals surface area contributed by atoms with Gasteiger partial charge >= 0.3 is 0 Å². The van der Waals surface area contributed by atoms with Crippen molar-refractivity contribution in [3.63, 3.8) is 0 Å². The van der Waals surface area contributed by atoms with Gasteiger partial charge in [-0.3, -0.25) is 19.3 Å². The number of benzene rings is 2. The van der Waals surface area contributed by atoms with Crippen LogP contribution in [0.1, 0.15) is 5.56 Å². The zero-order chi connectivity index (χ0) is 22.4. The Balaban J connectivity index is 1.76. The van der Waals surface area contributed by atoms with Crippen LogP contribution in [0.3, 0.4) is 0 Å². The van der Waals surface area contributed by atoms with Crippen LogP contribution in [0.4, 0.5) is 10.5 Å². The summed E-state index contributed by atoms with van der Waals surface area (Å²) in [6.45, 7) is 3.56. The molecule has 0 saturated carbocycles. The first-order chi connectivity index (χ1) is 14.9. The lowest BCUT2D eigenvalue weighted by Crippen LogP contribution is -2.36. The minimum absolute atomic E-state index is 0.214. The van der Waals surface area contributed by atoms with E-state index >= 15 is 0 Å². The van der Waals surface area contributed by atoms with Crippen molar-refractivity contribution in [2.24, 2.45) is 0 Å². The number of carbonyl (C=O) groups excluding carboxylic acids is 3. The van der Waals surface area contributed by atoms with Crippen molar-refractivity contribution < 1.29 is 23.9 Å². The Kier molecular flexibility index (Phi) is 7.54. The van der Waals surface area contributed by atoms with Crippen LogP contribution in [0.5, 0.6) is 11.5 Å². The molecular weight excluding hydrogens is 484 g/mol. The summed E-state index contributed by atoms with van der Waals surface area (Å²) < 4.78 is 11.6. The lowest BCUT2D eigenvalue weighted by atomic mass is 10.2. The Morgan fingerprint density at radius 3 is 2.68 bits per heavy atom. The number of imide groups is 1. The molecule has 0 aliphatic carbocycles. The number of halogens is 1. The Labute approximate surface area is 192 Å². The fourth-order valence-electron chi connectivity index (χ4n) is 2.76. The van der Waals surface area contributed by atoms with Crippen LogP contribution in [-0.4, -0.2) is 42.2 Å². The van der Waals surface area contributed by atoms with E-state index in [1.807, 2.05) is 6.07 Å². The monoisotopic (exact) mass is 502 g/mol. The van der Waals surface area contributed by atoms with Gasteiger partial charge in [0.2, 0.25) is 5.91 Å². The fraction of sp³-hybridized carbons (Fsp3) is 0.136. The predicted molar refractivity (Wildman–Crippen MR) is 124 cm³/mol. The van der Waals surface area contributed by atoms with Crippen LogP contribution in [0, 0.1) is 0 Å². The molecule has 0 aromatic heterocycles. The largest absolute Gasteiger partial charge is 0.493 e. The molecule has 0 bridgehead atoms. The van der Waals surface area contributed by atoms with Crippen LogP contribution in [0.15, 0.2) is 64.5 Å². The van der Waals surface area contributed by atoms with Gasteiger partial charge in [0.05, 0.1) is 16.5 Å². The molecule has 2 aromatic carbocycles.